The van der Waals surface area contributed by atoms with Gasteiger partial charge >= 0.3 is 5.97 Å². The second-order valence-corrected chi connectivity index (χ2v) is 5.11. The number of carbonyl (C=O) groups is 1. The number of fused-ring (bicyclic) bond motifs is 1. The SMILES string of the molecule is O=C(O)C1CN(Cc2ccc3ccccc3c2)CCO1. The summed E-state index contributed by atoms with van der Waals surface area (Å²) in [5, 5.41) is 11.5. The van der Waals surface area contributed by atoms with E-state index in [1.54, 1.807) is 0 Å². The maximum Gasteiger partial charge on any atom is 0.334 e. The molecule has 1 atom stereocenters. The molecule has 1 saturated heterocycles. The molecule has 0 spiro atoms. The Kier molecular flexibility index (Phi) is 3.67. The molecule has 3 rings (SSSR count). The van der Waals surface area contributed by atoms with E-state index < -0.39 is 12.1 Å². The van der Waals surface area contributed by atoms with Crippen LogP contribution in [-0.4, -0.2) is 41.8 Å². The fourth-order valence-corrected chi connectivity index (χ4v) is 2.59. The van der Waals surface area contributed by atoms with Gasteiger partial charge in [0.25, 0.3) is 0 Å². The van der Waals surface area contributed by atoms with Gasteiger partial charge in [-0.3, -0.25) is 4.90 Å². The van der Waals surface area contributed by atoms with Crippen LogP contribution in [0.4, 0.5) is 0 Å². The number of carboxylic acids is 1. The van der Waals surface area contributed by atoms with Crippen LogP contribution < -0.4 is 0 Å². The zero-order valence-corrected chi connectivity index (χ0v) is 11.2. The minimum Gasteiger partial charge on any atom is -0.479 e. The summed E-state index contributed by atoms with van der Waals surface area (Å²) < 4.78 is 5.24. The van der Waals surface area contributed by atoms with Gasteiger partial charge in [0.05, 0.1) is 6.61 Å². The Morgan fingerprint density at radius 3 is 2.85 bits per heavy atom. The van der Waals surface area contributed by atoms with E-state index in [0.717, 1.165) is 13.1 Å². The monoisotopic (exact) mass is 271 g/mol. The van der Waals surface area contributed by atoms with Crippen LogP contribution in [0.3, 0.4) is 0 Å². The van der Waals surface area contributed by atoms with E-state index in [1.807, 2.05) is 12.1 Å². The molecule has 1 heterocycles. The molecule has 2 aromatic carbocycles. The van der Waals surface area contributed by atoms with Gasteiger partial charge < -0.3 is 9.84 Å². The first-order valence-corrected chi connectivity index (χ1v) is 6.77. The highest BCUT2D eigenvalue weighted by molar-refractivity contribution is 5.83. The minimum absolute atomic E-state index is 0.447. The van der Waals surface area contributed by atoms with Crippen LogP contribution in [0.2, 0.25) is 0 Å². The number of benzene rings is 2. The van der Waals surface area contributed by atoms with E-state index in [-0.39, 0.29) is 0 Å². The summed E-state index contributed by atoms with van der Waals surface area (Å²) in [4.78, 5) is 13.1. The van der Waals surface area contributed by atoms with Gasteiger partial charge in [-0.2, -0.15) is 0 Å². The van der Waals surface area contributed by atoms with Crippen LogP contribution in [0.25, 0.3) is 10.8 Å². The van der Waals surface area contributed by atoms with Crippen LogP contribution in [0.1, 0.15) is 5.56 Å². The first-order valence-electron chi connectivity index (χ1n) is 6.77. The van der Waals surface area contributed by atoms with E-state index in [1.165, 1.54) is 16.3 Å². The van der Waals surface area contributed by atoms with Crippen molar-refractivity contribution in [3.63, 3.8) is 0 Å². The number of aliphatic carboxylic acids is 1. The summed E-state index contributed by atoms with van der Waals surface area (Å²) in [6.45, 7) is 2.46. The Balaban J connectivity index is 1.74. The molecule has 4 nitrogen and oxygen atoms in total. The quantitative estimate of drug-likeness (QED) is 0.929. The first-order chi connectivity index (χ1) is 9.72. The van der Waals surface area contributed by atoms with Crippen LogP contribution >= 0.6 is 0 Å². The lowest BCUT2D eigenvalue weighted by Gasteiger charge is -2.30. The van der Waals surface area contributed by atoms with Gasteiger partial charge in [-0.05, 0) is 22.4 Å². The number of ether oxygens (including phenoxy) is 1. The van der Waals surface area contributed by atoms with Gasteiger partial charge in [0, 0.05) is 19.6 Å². The Hall–Kier alpha value is -1.91. The van der Waals surface area contributed by atoms with Crippen LogP contribution in [-0.2, 0) is 16.1 Å². The van der Waals surface area contributed by atoms with Crippen molar-refractivity contribution in [1.82, 2.24) is 4.90 Å². The number of nitrogens with zero attached hydrogens (tertiary/aromatic N) is 1. The van der Waals surface area contributed by atoms with Gasteiger partial charge in [0.1, 0.15) is 0 Å². The summed E-state index contributed by atoms with van der Waals surface area (Å²) in [6.07, 6.45) is -0.704. The first kappa shape index (κ1) is 13.1. The molecule has 0 aromatic heterocycles. The third kappa shape index (κ3) is 2.81. The molecule has 0 amide bonds. The highest BCUT2D eigenvalue weighted by Gasteiger charge is 2.25. The highest BCUT2D eigenvalue weighted by atomic mass is 16.5. The number of rotatable bonds is 3. The van der Waals surface area contributed by atoms with Crippen molar-refractivity contribution in [3.8, 4) is 0 Å². The molecule has 1 fully saturated rings. The molecule has 0 aliphatic carbocycles. The third-order valence-electron chi connectivity index (χ3n) is 3.65. The zero-order chi connectivity index (χ0) is 13.9. The van der Waals surface area contributed by atoms with Crippen molar-refractivity contribution < 1.29 is 14.6 Å². The van der Waals surface area contributed by atoms with Gasteiger partial charge in [-0.25, -0.2) is 4.79 Å². The molecule has 0 bridgehead atoms. The van der Waals surface area contributed by atoms with Crippen molar-refractivity contribution in [2.24, 2.45) is 0 Å². The molecule has 4 heteroatoms. The molecule has 2 aromatic rings. The molecule has 20 heavy (non-hydrogen) atoms. The number of hydrogen-bond donors (Lipinski definition) is 1. The van der Waals surface area contributed by atoms with Crippen LogP contribution in [0, 0.1) is 0 Å². The average molecular weight is 271 g/mol. The van der Waals surface area contributed by atoms with Gasteiger partial charge in [0.2, 0.25) is 0 Å². The minimum atomic E-state index is -0.881. The summed E-state index contributed by atoms with van der Waals surface area (Å²) in [7, 11) is 0. The van der Waals surface area contributed by atoms with E-state index >= 15 is 0 Å². The number of hydrogen-bond acceptors (Lipinski definition) is 3. The predicted octanol–water partition coefficient (Wildman–Crippen LogP) is 2.13. The van der Waals surface area contributed by atoms with Crippen molar-refractivity contribution >= 4 is 16.7 Å². The normalized spacial score (nSPS) is 20.1. The molecule has 0 saturated carbocycles. The molecule has 1 aliphatic rings. The Morgan fingerprint density at radius 2 is 2.05 bits per heavy atom. The van der Waals surface area contributed by atoms with Crippen molar-refractivity contribution in [3.05, 3.63) is 48.0 Å². The maximum atomic E-state index is 11.0. The van der Waals surface area contributed by atoms with Gasteiger partial charge in [0.15, 0.2) is 6.10 Å². The Bertz CT molecular complexity index is 626. The topological polar surface area (TPSA) is 49.8 Å². The fourth-order valence-electron chi connectivity index (χ4n) is 2.59. The van der Waals surface area contributed by atoms with E-state index in [2.05, 4.69) is 35.2 Å². The largest absolute Gasteiger partial charge is 0.479 e. The molecular weight excluding hydrogens is 254 g/mol. The van der Waals surface area contributed by atoms with Gasteiger partial charge in [-0.15, -0.1) is 0 Å². The number of morpholine rings is 1. The second kappa shape index (κ2) is 5.61. The molecule has 1 aliphatic heterocycles. The van der Waals surface area contributed by atoms with E-state index in [9.17, 15) is 4.79 Å². The molecular formula is C16H17NO3. The standard InChI is InChI=1S/C16H17NO3/c18-16(19)15-11-17(7-8-20-15)10-12-5-6-13-3-1-2-4-14(13)9-12/h1-6,9,15H,7-8,10-11H2,(H,18,19). The smallest absolute Gasteiger partial charge is 0.334 e. The second-order valence-electron chi connectivity index (χ2n) is 5.11. The lowest BCUT2D eigenvalue weighted by molar-refractivity contribution is -0.156. The van der Waals surface area contributed by atoms with Crippen LogP contribution in [0.5, 0.6) is 0 Å². The zero-order valence-electron chi connectivity index (χ0n) is 11.2. The Labute approximate surface area is 117 Å². The third-order valence-corrected chi connectivity index (χ3v) is 3.65. The van der Waals surface area contributed by atoms with Crippen LogP contribution in [0.15, 0.2) is 42.5 Å². The lowest BCUT2D eigenvalue weighted by Crippen LogP contribution is -2.45. The fraction of sp³-hybridized carbons (Fsp3) is 0.312. The lowest BCUT2D eigenvalue weighted by atomic mass is 10.1. The molecule has 104 valence electrons. The van der Waals surface area contributed by atoms with Gasteiger partial charge in [-0.1, -0.05) is 36.4 Å². The maximum absolute atomic E-state index is 11.0. The summed E-state index contributed by atoms with van der Waals surface area (Å²) in [5.41, 5.74) is 1.20. The molecule has 1 N–H and O–H groups in total. The van der Waals surface area contributed by atoms with E-state index in [0.29, 0.717) is 13.2 Å². The molecule has 0 radical (unpaired) electrons. The predicted molar refractivity (Wildman–Crippen MR) is 76.6 cm³/mol. The Morgan fingerprint density at radius 1 is 1.25 bits per heavy atom. The summed E-state index contributed by atoms with van der Waals surface area (Å²) in [6, 6.07) is 14.6. The summed E-state index contributed by atoms with van der Waals surface area (Å²) >= 11 is 0. The van der Waals surface area contributed by atoms with Crippen molar-refractivity contribution in [2.75, 3.05) is 19.7 Å². The van der Waals surface area contributed by atoms with Crippen molar-refractivity contribution in [2.45, 2.75) is 12.6 Å². The summed E-state index contributed by atoms with van der Waals surface area (Å²) in [5.74, 6) is -0.881. The molecule has 1 unspecified atom stereocenters. The highest BCUT2D eigenvalue weighted by Crippen LogP contribution is 2.18. The van der Waals surface area contributed by atoms with Crippen molar-refractivity contribution in [1.29, 1.82) is 0 Å². The number of carboxylic acid groups (broad SMARTS) is 1. The van der Waals surface area contributed by atoms with E-state index in [4.69, 9.17) is 9.84 Å². The average Bonchev–Trinajstić information content (AvgIpc) is 2.47.